The minimum absolute atomic E-state index is 0.0445. The molecule has 0 N–H and O–H groups in total. The fourth-order valence-corrected chi connectivity index (χ4v) is 3.05. The second kappa shape index (κ2) is 6.16. The maximum absolute atomic E-state index is 12.4. The third kappa shape index (κ3) is 2.61. The predicted molar refractivity (Wildman–Crippen MR) is 91.3 cm³/mol. The second-order valence-corrected chi connectivity index (χ2v) is 6.20. The number of benzene rings is 1. The van der Waals surface area contributed by atoms with Crippen LogP contribution in [-0.4, -0.2) is 26.2 Å². The first-order valence-corrected chi connectivity index (χ1v) is 8.43. The summed E-state index contributed by atoms with van der Waals surface area (Å²) in [4.78, 5) is 63.6. The van der Waals surface area contributed by atoms with Crippen molar-refractivity contribution in [3.63, 3.8) is 0 Å². The smallest absolute Gasteiger partial charge is 0.292 e. The first-order valence-electron chi connectivity index (χ1n) is 7.03. The molecule has 0 unspecified atom stereocenters. The summed E-state index contributed by atoms with van der Waals surface area (Å²) in [5.41, 5.74) is -2.69. The van der Waals surface area contributed by atoms with Crippen LogP contribution in [0.5, 0.6) is 0 Å². The zero-order valence-corrected chi connectivity index (χ0v) is 13.7. The Bertz CT molecular complexity index is 1120. The van der Waals surface area contributed by atoms with Crippen molar-refractivity contribution in [2.45, 2.75) is 13.3 Å². The van der Waals surface area contributed by atoms with Gasteiger partial charge < -0.3 is 0 Å². The lowest BCUT2D eigenvalue weighted by atomic mass is 10.1. The average molecular weight is 365 g/mol. The van der Waals surface area contributed by atoms with Crippen LogP contribution in [0.4, 0.5) is 0 Å². The average Bonchev–Trinajstić information content (AvgIpc) is 2.95. The molecule has 0 aliphatic carbocycles. The largest absolute Gasteiger partial charge is 0.296 e. The topological polar surface area (TPSA) is 131 Å². The van der Waals surface area contributed by atoms with Crippen LogP contribution in [0.25, 0.3) is 21.5 Å². The van der Waals surface area contributed by atoms with Gasteiger partial charge in [-0.15, -0.1) is 10.1 Å². The predicted octanol–water partition coefficient (Wildman–Crippen LogP) is -0.559. The molecule has 10 nitrogen and oxygen atoms in total. The normalized spacial score (nSPS) is 11.4. The van der Waals surface area contributed by atoms with Gasteiger partial charge in [0, 0.05) is 12.3 Å². The second-order valence-electron chi connectivity index (χ2n) is 5.22. The first-order chi connectivity index (χ1) is 11.9. The Hall–Kier alpha value is -2.95. The van der Waals surface area contributed by atoms with Crippen molar-refractivity contribution >= 4 is 33.3 Å². The van der Waals surface area contributed by atoms with E-state index in [-0.39, 0.29) is 28.1 Å². The summed E-state index contributed by atoms with van der Waals surface area (Å²) >= 11 is 1.47. The van der Waals surface area contributed by atoms with Crippen molar-refractivity contribution in [3.05, 3.63) is 63.7 Å². The van der Waals surface area contributed by atoms with Gasteiger partial charge in [-0.3, -0.25) is 28.6 Å². The number of thioether (sulfide) groups is 1. The lowest BCUT2D eigenvalue weighted by Gasteiger charge is -1.96. The lowest BCUT2D eigenvalue weighted by Crippen LogP contribution is -2.27. The van der Waals surface area contributed by atoms with Crippen molar-refractivity contribution in [2.24, 2.45) is 0 Å². The van der Waals surface area contributed by atoms with Crippen molar-refractivity contribution in [1.82, 2.24) is 9.13 Å². The van der Waals surface area contributed by atoms with E-state index in [1.54, 1.807) is 0 Å². The van der Waals surface area contributed by atoms with Gasteiger partial charge in [0.25, 0.3) is 27.3 Å². The highest BCUT2D eigenvalue weighted by Gasteiger charge is 2.19. The molecule has 0 atom stereocenters. The number of rotatable bonds is 6. The molecular formula is C14H11N3O7S. The molecule has 0 fully saturated rings. The van der Waals surface area contributed by atoms with Gasteiger partial charge in [-0.05, 0) is 18.4 Å². The molecule has 130 valence electrons. The molecule has 0 amide bonds. The molecule has 3 rings (SSSR count). The lowest BCUT2D eigenvalue weighted by molar-refractivity contribution is -0.767. The molecule has 11 heteroatoms. The van der Waals surface area contributed by atoms with Crippen LogP contribution in [0.1, 0.15) is 0 Å². The van der Waals surface area contributed by atoms with Crippen LogP contribution in [0.2, 0.25) is 0 Å². The quantitative estimate of drug-likeness (QED) is 0.420. The van der Waals surface area contributed by atoms with E-state index < -0.39 is 34.1 Å². The Kier molecular flexibility index (Phi) is 4.17. The molecule has 0 saturated carbocycles. The van der Waals surface area contributed by atoms with Gasteiger partial charge in [0.15, 0.2) is 6.73 Å². The van der Waals surface area contributed by atoms with Crippen LogP contribution in [0, 0.1) is 10.1 Å². The molecule has 0 radical (unpaired) electrons. The molecule has 2 aromatic heterocycles. The van der Waals surface area contributed by atoms with Gasteiger partial charge >= 0.3 is 0 Å². The zero-order chi connectivity index (χ0) is 18.3. The monoisotopic (exact) mass is 365 g/mol. The SMILES string of the molecule is CSCCn1c(=O)c2cc3c(=O)n(CO[N+](=O)[O-])c(=O)c3cc2c1=O. The zero-order valence-electron chi connectivity index (χ0n) is 12.9. The highest BCUT2D eigenvalue weighted by Crippen LogP contribution is 2.14. The number of hydrogen-bond acceptors (Lipinski definition) is 8. The number of fused-ring (bicyclic) bond motifs is 2. The number of nitrogens with zero attached hydrogens (tertiary/aromatic N) is 3. The fraction of sp³-hybridized carbons (Fsp3) is 0.286. The van der Waals surface area contributed by atoms with E-state index in [1.165, 1.54) is 23.9 Å². The van der Waals surface area contributed by atoms with Crippen LogP contribution in [-0.2, 0) is 18.1 Å². The van der Waals surface area contributed by atoms with Crippen molar-refractivity contribution in [3.8, 4) is 0 Å². The third-order valence-corrected chi connectivity index (χ3v) is 4.46. The summed E-state index contributed by atoms with van der Waals surface area (Å²) in [5.74, 6) is 0.565. The highest BCUT2D eigenvalue weighted by molar-refractivity contribution is 7.98. The Labute approximate surface area is 142 Å². The molecule has 1 aromatic carbocycles. The molecular weight excluding hydrogens is 354 g/mol. The Morgan fingerprint density at radius 2 is 1.40 bits per heavy atom. The summed E-state index contributed by atoms with van der Waals surface area (Å²) < 4.78 is 1.61. The summed E-state index contributed by atoms with van der Waals surface area (Å²) in [5, 5.41) is 9.06. The molecule has 2 heterocycles. The Balaban J connectivity index is 2.27. The molecule has 3 aromatic rings. The van der Waals surface area contributed by atoms with Gasteiger partial charge in [0.1, 0.15) is 0 Å². The Morgan fingerprint density at radius 3 is 1.80 bits per heavy atom. The van der Waals surface area contributed by atoms with E-state index in [2.05, 4.69) is 4.84 Å². The van der Waals surface area contributed by atoms with Crippen molar-refractivity contribution < 1.29 is 9.92 Å². The van der Waals surface area contributed by atoms with E-state index in [0.29, 0.717) is 10.3 Å². The fourth-order valence-electron chi connectivity index (χ4n) is 2.68. The van der Waals surface area contributed by atoms with E-state index in [4.69, 9.17) is 0 Å². The van der Waals surface area contributed by atoms with Gasteiger partial charge in [-0.25, -0.2) is 4.57 Å². The molecule has 0 aliphatic rings. The highest BCUT2D eigenvalue weighted by atomic mass is 32.2. The molecule has 0 saturated heterocycles. The summed E-state index contributed by atoms with van der Waals surface area (Å²) in [6.45, 7) is -0.630. The maximum atomic E-state index is 12.4. The minimum Gasteiger partial charge on any atom is -0.292 e. The number of hydrogen-bond donors (Lipinski definition) is 0. The van der Waals surface area contributed by atoms with Crippen LogP contribution in [0.15, 0.2) is 31.3 Å². The standard InChI is InChI=1S/C14H11N3O7S/c1-25-3-2-15-11(18)7-4-9-10(5-8(7)12(15)19)14(21)16(13(9)20)6-24-17(22)23/h4-5H,2-3,6H2,1H3. The van der Waals surface area contributed by atoms with Crippen LogP contribution >= 0.6 is 11.8 Å². The van der Waals surface area contributed by atoms with E-state index in [1.807, 2.05) is 6.26 Å². The molecule has 25 heavy (non-hydrogen) atoms. The van der Waals surface area contributed by atoms with Gasteiger partial charge in [0.2, 0.25) is 0 Å². The van der Waals surface area contributed by atoms with Gasteiger partial charge in [-0.2, -0.15) is 11.8 Å². The first kappa shape index (κ1) is 16.9. The summed E-state index contributed by atoms with van der Waals surface area (Å²) in [6, 6.07) is 2.38. The van der Waals surface area contributed by atoms with Crippen LogP contribution in [0.3, 0.4) is 0 Å². The van der Waals surface area contributed by atoms with Gasteiger partial charge in [-0.1, -0.05) is 0 Å². The van der Waals surface area contributed by atoms with Gasteiger partial charge in [0.05, 0.1) is 21.5 Å². The van der Waals surface area contributed by atoms with E-state index in [0.717, 1.165) is 4.57 Å². The number of aromatic nitrogens is 2. The minimum atomic E-state index is -1.12. The molecule has 0 aliphatic heterocycles. The Morgan fingerprint density at radius 1 is 0.960 bits per heavy atom. The molecule has 0 spiro atoms. The van der Waals surface area contributed by atoms with E-state index >= 15 is 0 Å². The third-order valence-electron chi connectivity index (χ3n) is 3.87. The summed E-state index contributed by atoms with van der Waals surface area (Å²) in [7, 11) is 0. The van der Waals surface area contributed by atoms with Crippen LogP contribution < -0.4 is 22.2 Å². The maximum Gasteiger partial charge on any atom is 0.296 e. The van der Waals surface area contributed by atoms with E-state index in [9.17, 15) is 29.3 Å². The van der Waals surface area contributed by atoms with Crippen molar-refractivity contribution in [2.75, 3.05) is 12.0 Å². The molecule has 0 bridgehead atoms. The summed E-state index contributed by atoms with van der Waals surface area (Å²) in [6.07, 6.45) is 1.84. The van der Waals surface area contributed by atoms with Crippen molar-refractivity contribution in [1.29, 1.82) is 0 Å².